The fraction of sp³-hybridized carbons (Fsp3) is 0.261. The third kappa shape index (κ3) is 4.21. The topological polar surface area (TPSA) is 79.9 Å². The molecular weight excluding hydrogens is 396 g/mol. The number of rotatable bonds is 7. The maximum Gasteiger partial charge on any atom is 0.226 e. The molecule has 4 rings (SSSR count). The molecular formula is C23H24N4O2S. The minimum atomic E-state index is -0.0626. The summed E-state index contributed by atoms with van der Waals surface area (Å²) >= 11 is 1.43. The number of aromatic amines is 1. The molecule has 0 fully saturated rings. The van der Waals surface area contributed by atoms with E-state index in [1.54, 1.807) is 7.11 Å². The summed E-state index contributed by atoms with van der Waals surface area (Å²) in [5, 5.41) is 13.7. The highest BCUT2D eigenvalue weighted by Gasteiger charge is 2.16. The van der Waals surface area contributed by atoms with Gasteiger partial charge in [-0.2, -0.15) is 0 Å². The Hall–Kier alpha value is -3.19. The molecule has 4 aromatic rings. The number of H-pyrrole nitrogens is 1. The van der Waals surface area contributed by atoms with Gasteiger partial charge in [-0.1, -0.05) is 43.4 Å². The average Bonchev–Trinajstić information content (AvgIpc) is 3.37. The third-order valence-electron chi connectivity index (χ3n) is 4.98. The molecule has 2 heterocycles. The van der Waals surface area contributed by atoms with E-state index >= 15 is 0 Å². The van der Waals surface area contributed by atoms with Crippen LogP contribution in [-0.4, -0.2) is 28.2 Å². The summed E-state index contributed by atoms with van der Waals surface area (Å²) in [5.41, 5.74) is 4.29. The van der Waals surface area contributed by atoms with Gasteiger partial charge < -0.3 is 15.0 Å². The highest BCUT2D eigenvalue weighted by molar-refractivity contribution is 7.15. The quantitative estimate of drug-likeness (QED) is 0.420. The first-order valence-electron chi connectivity index (χ1n) is 9.92. The van der Waals surface area contributed by atoms with Gasteiger partial charge in [-0.15, -0.1) is 10.2 Å². The fourth-order valence-corrected chi connectivity index (χ4v) is 4.16. The molecule has 0 atom stereocenters. The molecule has 0 aliphatic carbocycles. The summed E-state index contributed by atoms with van der Waals surface area (Å²) in [5.74, 6) is 1.05. The molecule has 0 saturated heterocycles. The van der Waals surface area contributed by atoms with Gasteiger partial charge in [0.2, 0.25) is 11.0 Å². The van der Waals surface area contributed by atoms with Crippen LogP contribution in [0.25, 0.3) is 22.2 Å². The lowest BCUT2D eigenvalue weighted by atomic mass is 10.0. The molecule has 1 amide bonds. The number of aryl methyl sites for hydroxylation is 1. The van der Waals surface area contributed by atoms with Crippen molar-refractivity contribution in [3.8, 4) is 17.0 Å². The zero-order valence-electron chi connectivity index (χ0n) is 17.2. The average molecular weight is 421 g/mol. The minimum Gasteiger partial charge on any atom is -0.497 e. The number of fused-ring (bicyclic) bond motifs is 1. The van der Waals surface area contributed by atoms with Crippen molar-refractivity contribution in [1.29, 1.82) is 0 Å². The lowest BCUT2D eigenvalue weighted by Crippen LogP contribution is -2.12. The van der Waals surface area contributed by atoms with Crippen molar-refractivity contribution in [1.82, 2.24) is 15.2 Å². The summed E-state index contributed by atoms with van der Waals surface area (Å²) < 4.78 is 5.27. The Balaban J connectivity index is 1.55. The number of hydrogen-bond acceptors (Lipinski definition) is 5. The zero-order valence-corrected chi connectivity index (χ0v) is 18.0. The lowest BCUT2D eigenvalue weighted by molar-refractivity contribution is -0.116. The van der Waals surface area contributed by atoms with Crippen LogP contribution in [-0.2, 0) is 11.2 Å². The summed E-state index contributed by atoms with van der Waals surface area (Å²) in [6, 6.07) is 16.1. The number of benzene rings is 2. The van der Waals surface area contributed by atoms with Gasteiger partial charge in [0.15, 0.2) is 0 Å². The zero-order chi connectivity index (χ0) is 21.1. The Morgan fingerprint density at radius 3 is 2.60 bits per heavy atom. The van der Waals surface area contributed by atoms with Crippen LogP contribution < -0.4 is 10.1 Å². The standard InChI is InChI=1S/C23H24N4O2S/c1-14(2)22-26-27-23(30-22)25-20(28)13-12-18-17-6-4-5-7-19(17)24-21(18)15-8-10-16(29-3)11-9-15/h4-11,14,24H,12-13H2,1-3H3,(H,25,27,28). The second-order valence-corrected chi connectivity index (χ2v) is 8.41. The van der Waals surface area contributed by atoms with Crippen molar-refractivity contribution in [2.75, 3.05) is 12.4 Å². The third-order valence-corrected chi connectivity index (χ3v) is 6.11. The molecule has 0 unspecified atom stereocenters. The van der Waals surface area contributed by atoms with Crippen LogP contribution in [0.3, 0.4) is 0 Å². The number of carbonyl (C=O) groups is 1. The molecule has 0 aliphatic rings. The van der Waals surface area contributed by atoms with E-state index in [4.69, 9.17) is 4.74 Å². The van der Waals surface area contributed by atoms with E-state index in [1.807, 2.05) is 36.4 Å². The van der Waals surface area contributed by atoms with Gasteiger partial charge in [0.25, 0.3) is 0 Å². The maximum atomic E-state index is 12.6. The van der Waals surface area contributed by atoms with Gasteiger partial charge in [-0.05, 0) is 47.9 Å². The summed E-state index contributed by atoms with van der Waals surface area (Å²) in [6.45, 7) is 4.12. The van der Waals surface area contributed by atoms with Gasteiger partial charge >= 0.3 is 0 Å². The summed E-state index contributed by atoms with van der Waals surface area (Å²) in [6.07, 6.45) is 0.981. The number of methoxy groups -OCH3 is 1. The number of aromatic nitrogens is 3. The number of amides is 1. The van der Waals surface area contributed by atoms with Crippen molar-refractivity contribution in [3.05, 3.63) is 59.1 Å². The fourth-order valence-electron chi connectivity index (χ4n) is 3.40. The number of ether oxygens (including phenoxy) is 1. The Bertz CT molecular complexity index is 1160. The van der Waals surface area contributed by atoms with Crippen LogP contribution in [0.2, 0.25) is 0 Å². The summed E-state index contributed by atoms with van der Waals surface area (Å²) in [4.78, 5) is 16.1. The Kier molecular flexibility index (Phi) is 5.81. The molecule has 0 aliphatic heterocycles. The van der Waals surface area contributed by atoms with Crippen LogP contribution >= 0.6 is 11.3 Å². The predicted octanol–water partition coefficient (Wildman–Crippen LogP) is 5.39. The molecule has 6 nitrogen and oxygen atoms in total. The first-order valence-corrected chi connectivity index (χ1v) is 10.7. The van der Waals surface area contributed by atoms with Crippen molar-refractivity contribution < 1.29 is 9.53 Å². The van der Waals surface area contributed by atoms with Gasteiger partial charge in [0.05, 0.1) is 7.11 Å². The number of para-hydroxylation sites is 1. The van der Waals surface area contributed by atoms with Crippen LogP contribution in [0.5, 0.6) is 5.75 Å². The molecule has 0 saturated carbocycles. The van der Waals surface area contributed by atoms with Crippen LogP contribution in [0, 0.1) is 0 Å². The molecule has 154 valence electrons. The monoisotopic (exact) mass is 420 g/mol. The van der Waals surface area contributed by atoms with E-state index < -0.39 is 0 Å². The second-order valence-electron chi connectivity index (χ2n) is 7.40. The second kappa shape index (κ2) is 8.67. The molecule has 0 radical (unpaired) electrons. The Labute approximate surface area is 179 Å². The number of nitrogens with one attached hydrogen (secondary N) is 2. The van der Waals surface area contributed by atoms with Crippen molar-refractivity contribution in [2.24, 2.45) is 0 Å². The van der Waals surface area contributed by atoms with Gasteiger partial charge in [0, 0.05) is 28.9 Å². The van der Waals surface area contributed by atoms with E-state index in [9.17, 15) is 4.79 Å². The number of anilines is 1. The van der Waals surface area contributed by atoms with Gasteiger partial charge in [0.1, 0.15) is 10.8 Å². The Morgan fingerprint density at radius 1 is 1.13 bits per heavy atom. The van der Waals surface area contributed by atoms with Crippen molar-refractivity contribution >= 4 is 33.3 Å². The summed E-state index contributed by atoms with van der Waals surface area (Å²) in [7, 11) is 1.66. The van der Waals surface area contributed by atoms with Crippen LogP contribution in [0.15, 0.2) is 48.5 Å². The van der Waals surface area contributed by atoms with Crippen molar-refractivity contribution in [3.63, 3.8) is 0 Å². The maximum absolute atomic E-state index is 12.6. The van der Waals surface area contributed by atoms with Gasteiger partial charge in [-0.25, -0.2) is 0 Å². The molecule has 0 spiro atoms. The molecule has 2 aromatic carbocycles. The van der Waals surface area contributed by atoms with Crippen LogP contribution in [0.4, 0.5) is 5.13 Å². The predicted molar refractivity (Wildman–Crippen MR) is 121 cm³/mol. The number of hydrogen-bond donors (Lipinski definition) is 2. The van der Waals surface area contributed by atoms with E-state index in [-0.39, 0.29) is 5.91 Å². The molecule has 30 heavy (non-hydrogen) atoms. The highest BCUT2D eigenvalue weighted by atomic mass is 32.1. The largest absolute Gasteiger partial charge is 0.497 e. The van der Waals surface area contributed by atoms with E-state index in [0.29, 0.717) is 23.9 Å². The van der Waals surface area contributed by atoms with Crippen molar-refractivity contribution in [2.45, 2.75) is 32.6 Å². The van der Waals surface area contributed by atoms with E-state index in [0.717, 1.165) is 38.5 Å². The lowest BCUT2D eigenvalue weighted by Gasteiger charge is -2.07. The van der Waals surface area contributed by atoms with E-state index in [2.05, 4.69) is 46.5 Å². The SMILES string of the molecule is COc1ccc(-c2[nH]c3ccccc3c2CCC(=O)Nc2nnc(C(C)C)s2)cc1. The Morgan fingerprint density at radius 2 is 1.90 bits per heavy atom. The van der Waals surface area contributed by atoms with E-state index in [1.165, 1.54) is 11.3 Å². The number of nitrogens with zero attached hydrogens (tertiary/aromatic N) is 2. The highest BCUT2D eigenvalue weighted by Crippen LogP contribution is 2.32. The minimum absolute atomic E-state index is 0.0626. The molecule has 7 heteroatoms. The molecule has 2 aromatic heterocycles. The number of carbonyl (C=O) groups excluding carboxylic acids is 1. The first-order chi connectivity index (χ1) is 14.5. The van der Waals surface area contributed by atoms with Crippen LogP contribution in [0.1, 0.15) is 36.8 Å². The smallest absolute Gasteiger partial charge is 0.226 e. The normalized spacial score (nSPS) is 11.2. The molecule has 0 bridgehead atoms. The first kappa shape index (κ1) is 20.1. The molecule has 2 N–H and O–H groups in total. The van der Waals surface area contributed by atoms with Gasteiger partial charge in [-0.3, -0.25) is 4.79 Å².